The van der Waals surface area contributed by atoms with Crippen LogP contribution in [0.15, 0.2) is 18.2 Å². The van der Waals surface area contributed by atoms with E-state index in [1.54, 1.807) is 25.1 Å². The van der Waals surface area contributed by atoms with Crippen molar-refractivity contribution >= 4 is 0 Å². The summed E-state index contributed by atoms with van der Waals surface area (Å²) in [6, 6.07) is 7.05. The van der Waals surface area contributed by atoms with E-state index < -0.39 is 12.2 Å². The maximum atomic E-state index is 9.82. The highest BCUT2D eigenvalue weighted by molar-refractivity contribution is 5.40. The van der Waals surface area contributed by atoms with Gasteiger partial charge in [0.25, 0.3) is 0 Å². The monoisotopic (exact) mass is 220 g/mol. The summed E-state index contributed by atoms with van der Waals surface area (Å²) in [7, 11) is 0. The van der Waals surface area contributed by atoms with Crippen LogP contribution in [0.4, 0.5) is 0 Å². The lowest BCUT2D eigenvalue weighted by molar-refractivity contribution is 0.0150. The molecule has 0 saturated heterocycles. The lowest BCUT2D eigenvalue weighted by Crippen LogP contribution is -2.21. The molecule has 0 spiro atoms. The molecule has 0 aliphatic rings. The smallest absolute Gasteiger partial charge is 0.105 e. The predicted molar refractivity (Wildman–Crippen MR) is 60.5 cm³/mol. The first-order valence-corrected chi connectivity index (χ1v) is 5.17. The first-order chi connectivity index (χ1) is 7.60. The van der Waals surface area contributed by atoms with Crippen molar-refractivity contribution in [1.82, 2.24) is 0 Å². The van der Waals surface area contributed by atoms with Crippen molar-refractivity contribution in [3.8, 4) is 6.07 Å². The molecule has 0 saturated carbocycles. The van der Waals surface area contributed by atoms with Crippen LogP contribution in [0.3, 0.4) is 0 Å². The second-order valence-corrected chi connectivity index (χ2v) is 3.78. The highest BCUT2D eigenvalue weighted by atomic mass is 16.3. The SMILES string of the molecule is Cc1cc(C(O)C(O)CCN)ccc1C#N. The lowest BCUT2D eigenvalue weighted by Gasteiger charge is -2.18. The number of aliphatic hydroxyl groups excluding tert-OH is 2. The fraction of sp³-hybridized carbons (Fsp3) is 0.417. The van der Waals surface area contributed by atoms with Crippen LogP contribution in [0.25, 0.3) is 0 Å². The van der Waals surface area contributed by atoms with E-state index in [0.29, 0.717) is 24.1 Å². The summed E-state index contributed by atoms with van der Waals surface area (Å²) in [5.74, 6) is 0. The van der Waals surface area contributed by atoms with E-state index in [4.69, 9.17) is 11.0 Å². The summed E-state index contributed by atoms with van der Waals surface area (Å²) in [5.41, 5.74) is 7.28. The molecule has 0 amide bonds. The second-order valence-electron chi connectivity index (χ2n) is 3.78. The maximum absolute atomic E-state index is 9.82. The Hall–Kier alpha value is -1.41. The van der Waals surface area contributed by atoms with Crippen molar-refractivity contribution in [3.63, 3.8) is 0 Å². The van der Waals surface area contributed by atoms with Gasteiger partial charge in [-0.2, -0.15) is 5.26 Å². The Labute approximate surface area is 94.9 Å². The third-order valence-electron chi connectivity index (χ3n) is 2.54. The van der Waals surface area contributed by atoms with Crippen LogP contribution in [0, 0.1) is 18.3 Å². The number of hydrogen-bond donors (Lipinski definition) is 3. The molecule has 1 aromatic rings. The summed E-state index contributed by atoms with van der Waals surface area (Å²) in [6.45, 7) is 2.12. The predicted octanol–water partition coefficient (Wildman–Crippen LogP) is 0.610. The number of rotatable bonds is 4. The van der Waals surface area contributed by atoms with Gasteiger partial charge in [0.1, 0.15) is 6.10 Å². The Morgan fingerprint density at radius 1 is 1.44 bits per heavy atom. The molecule has 16 heavy (non-hydrogen) atoms. The standard InChI is InChI=1S/C12H16N2O2/c1-8-6-9(2-3-10(8)7-14)12(16)11(15)4-5-13/h2-3,6,11-12,15-16H,4-5,13H2,1H3. The molecule has 4 nitrogen and oxygen atoms in total. The first-order valence-electron chi connectivity index (χ1n) is 5.17. The summed E-state index contributed by atoms with van der Waals surface area (Å²) in [5, 5.41) is 28.2. The highest BCUT2D eigenvalue weighted by Gasteiger charge is 2.17. The minimum atomic E-state index is -0.949. The summed E-state index contributed by atoms with van der Waals surface area (Å²) >= 11 is 0. The van der Waals surface area contributed by atoms with Gasteiger partial charge in [0, 0.05) is 0 Å². The lowest BCUT2D eigenvalue weighted by atomic mass is 9.98. The van der Waals surface area contributed by atoms with E-state index in [2.05, 4.69) is 6.07 Å². The zero-order valence-electron chi connectivity index (χ0n) is 9.22. The number of nitrogens with zero attached hydrogens (tertiary/aromatic N) is 1. The number of aryl methyl sites for hydroxylation is 1. The molecule has 86 valence electrons. The van der Waals surface area contributed by atoms with E-state index >= 15 is 0 Å². The van der Waals surface area contributed by atoms with Crippen LogP contribution in [0.1, 0.15) is 29.2 Å². The van der Waals surface area contributed by atoms with Gasteiger partial charge in [-0.25, -0.2) is 0 Å². The van der Waals surface area contributed by atoms with Gasteiger partial charge in [-0.3, -0.25) is 0 Å². The molecule has 4 N–H and O–H groups in total. The maximum Gasteiger partial charge on any atom is 0.105 e. The summed E-state index contributed by atoms with van der Waals surface area (Å²) < 4.78 is 0. The number of hydrogen-bond acceptors (Lipinski definition) is 4. The van der Waals surface area contributed by atoms with Crippen LogP contribution in [0.2, 0.25) is 0 Å². The molecule has 0 heterocycles. The van der Waals surface area contributed by atoms with Crippen LogP contribution in [-0.2, 0) is 0 Å². The van der Waals surface area contributed by atoms with Gasteiger partial charge in [0.2, 0.25) is 0 Å². The third-order valence-corrected chi connectivity index (χ3v) is 2.54. The zero-order chi connectivity index (χ0) is 12.1. The number of nitriles is 1. The number of benzene rings is 1. The minimum absolute atomic E-state index is 0.327. The van der Waals surface area contributed by atoms with Gasteiger partial charge < -0.3 is 15.9 Å². The third kappa shape index (κ3) is 2.80. The molecule has 0 aliphatic carbocycles. The van der Waals surface area contributed by atoms with Crippen molar-refractivity contribution < 1.29 is 10.2 Å². The van der Waals surface area contributed by atoms with Crippen LogP contribution in [0.5, 0.6) is 0 Å². The molecule has 2 unspecified atom stereocenters. The Morgan fingerprint density at radius 2 is 2.12 bits per heavy atom. The Bertz CT molecular complexity index is 398. The molecule has 2 atom stereocenters. The van der Waals surface area contributed by atoms with Gasteiger partial charge in [-0.05, 0) is 37.1 Å². The van der Waals surface area contributed by atoms with Crippen molar-refractivity contribution in [1.29, 1.82) is 5.26 Å². The van der Waals surface area contributed by atoms with Gasteiger partial charge in [0.05, 0.1) is 17.7 Å². The molecule has 0 aliphatic heterocycles. The van der Waals surface area contributed by atoms with Gasteiger partial charge >= 0.3 is 0 Å². The van der Waals surface area contributed by atoms with E-state index in [1.165, 1.54) is 0 Å². The molecule has 0 radical (unpaired) electrons. The topological polar surface area (TPSA) is 90.3 Å². The highest BCUT2D eigenvalue weighted by Crippen LogP contribution is 2.21. The second kappa shape index (κ2) is 5.61. The van der Waals surface area contributed by atoms with Gasteiger partial charge in [-0.1, -0.05) is 12.1 Å². The Morgan fingerprint density at radius 3 is 2.62 bits per heavy atom. The summed E-state index contributed by atoms with van der Waals surface area (Å²) in [6.07, 6.45) is -1.47. The van der Waals surface area contributed by atoms with Crippen LogP contribution in [-0.4, -0.2) is 22.9 Å². The quantitative estimate of drug-likeness (QED) is 0.693. The zero-order valence-corrected chi connectivity index (χ0v) is 9.22. The van der Waals surface area contributed by atoms with E-state index in [1.807, 2.05) is 0 Å². The van der Waals surface area contributed by atoms with E-state index in [9.17, 15) is 10.2 Å². The molecular weight excluding hydrogens is 204 g/mol. The Balaban J connectivity index is 2.89. The van der Waals surface area contributed by atoms with E-state index in [-0.39, 0.29) is 0 Å². The average Bonchev–Trinajstić information content (AvgIpc) is 2.28. The number of aliphatic hydroxyl groups is 2. The van der Waals surface area contributed by atoms with Crippen LogP contribution < -0.4 is 5.73 Å². The van der Waals surface area contributed by atoms with Crippen molar-refractivity contribution in [2.75, 3.05) is 6.54 Å². The first kappa shape index (κ1) is 12.7. The molecule has 1 aromatic carbocycles. The van der Waals surface area contributed by atoms with Crippen molar-refractivity contribution in [3.05, 3.63) is 34.9 Å². The van der Waals surface area contributed by atoms with Gasteiger partial charge in [-0.15, -0.1) is 0 Å². The largest absolute Gasteiger partial charge is 0.390 e. The van der Waals surface area contributed by atoms with Crippen molar-refractivity contribution in [2.45, 2.75) is 25.6 Å². The Kier molecular flexibility index (Phi) is 4.44. The molecule has 1 rings (SSSR count). The molecule has 0 bridgehead atoms. The van der Waals surface area contributed by atoms with Crippen LogP contribution >= 0.6 is 0 Å². The average molecular weight is 220 g/mol. The molecule has 4 heteroatoms. The summed E-state index contributed by atoms with van der Waals surface area (Å²) in [4.78, 5) is 0. The van der Waals surface area contributed by atoms with Crippen molar-refractivity contribution in [2.24, 2.45) is 5.73 Å². The number of nitrogens with two attached hydrogens (primary N) is 1. The van der Waals surface area contributed by atoms with Gasteiger partial charge in [0.15, 0.2) is 0 Å². The molecular formula is C12H16N2O2. The minimum Gasteiger partial charge on any atom is -0.390 e. The fourth-order valence-corrected chi connectivity index (χ4v) is 1.55. The molecule has 0 aromatic heterocycles. The van der Waals surface area contributed by atoms with E-state index in [0.717, 1.165) is 5.56 Å². The fourth-order valence-electron chi connectivity index (χ4n) is 1.55. The molecule has 0 fully saturated rings. The normalized spacial score (nSPS) is 14.2.